The molecule has 5 nitrogen and oxygen atoms in total. The molecule has 0 radical (unpaired) electrons. The molecule has 0 atom stereocenters. The lowest BCUT2D eigenvalue weighted by Crippen LogP contribution is -1.92. The minimum absolute atomic E-state index is 0.00208. The predicted molar refractivity (Wildman–Crippen MR) is 62.1 cm³/mol. The average molecular weight is 264 g/mol. The van der Waals surface area contributed by atoms with E-state index in [0.717, 1.165) is 24.8 Å². The minimum Gasteiger partial charge on any atom is -0.415 e. The predicted octanol–water partition coefficient (Wildman–Crippen LogP) is 3.03. The molecule has 0 bridgehead atoms. The van der Waals surface area contributed by atoms with Gasteiger partial charge in [0.05, 0.1) is 5.56 Å². The molecule has 0 saturated carbocycles. The molecule has 2 aromatic rings. The van der Waals surface area contributed by atoms with E-state index in [1.165, 1.54) is 12.4 Å². The third-order valence-electron chi connectivity index (χ3n) is 2.85. The second-order valence-corrected chi connectivity index (χ2v) is 4.16. The van der Waals surface area contributed by atoms with Gasteiger partial charge in [-0.1, -0.05) is 6.08 Å². The third-order valence-corrected chi connectivity index (χ3v) is 2.85. The average Bonchev–Trinajstić information content (AvgIpc) is 3.11. The van der Waals surface area contributed by atoms with Gasteiger partial charge in [-0.25, -0.2) is 9.97 Å². The maximum Gasteiger partial charge on any atom is 0.314 e. The van der Waals surface area contributed by atoms with Crippen molar-refractivity contribution < 1.29 is 13.2 Å². The van der Waals surface area contributed by atoms with Crippen molar-refractivity contribution in [2.45, 2.75) is 25.7 Å². The number of allylic oxidation sites excluding steroid dienone is 2. The molecule has 19 heavy (non-hydrogen) atoms. The second kappa shape index (κ2) is 4.83. The van der Waals surface area contributed by atoms with Crippen LogP contribution in [0.3, 0.4) is 0 Å². The monoisotopic (exact) mass is 264 g/mol. The summed E-state index contributed by atoms with van der Waals surface area (Å²) in [6, 6.07) is 0. The number of halogens is 2. The Morgan fingerprint density at radius 3 is 2.53 bits per heavy atom. The Balaban J connectivity index is 1.85. The molecule has 0 spiro atoms. The molecule has 2 aromatic heterocycles. The summed E-state index contributed by atoms with van der Waals surface area (Å²) in [4.78, 5) is 8.39. The first-order valence-electron chi connectivity index (χ1n) is 5.87. The van der Waals surface area contributed by atoms with Crippen molar-refractivity contribution in [3.63, 3.8) is 0 Å². The van der Waals surface area contributed by atoms with Crippen molar-refractivity contribution in [3.05, 3.63) is 30.2 Å². The van der Waals surface area contributed by atoms with Gasteiger partial charge in [0.1, 0.15) is 0 Å². The van der Waals surface area contributed by atoms with Crippen molar-refractivity contribution in [2.24, 2.45) is 0 Å². The van der Waals surface area contributed by atoms with Gasteiger partial charge in [0, 0.05) is 12.4 Å². The summed E-state index contributed by atoms with van der Waals surface area (Å²) in [5.74, 6) is -0.0327. The molecule has 3 rings (SSSR count). The Hall–Kier alpha value is -2.18. The van der Waals surface area contributed by atoms with Gasteiger partial charge >= 0.3 is 6.43 Å². The maximum atomic E-state index is 12.3. The lowest BCUT2D eigenvalue weighted by atomic mass is 10.2. The van der Waals surface area contributed by atoms with E-state index >= 15 is 0 Å². The highest BCUT2D eigenvalue weighted by atomic mass is 19.3. The van der Waals surface area contributed by atoms with E-state index in [9.17, 15) is 8.78 Å². The van der Waals surface area contributed by atoms with Crippen LogP contribution >= 0.6 is 0 Å². The lowest BCUT2D eigenvalue weighted by Gasteiger charge is -2.00. The molecule has 0 aliphatic heterocycles. The first-order chi connectivity index (χ1) is 9.24. The Bertz CT molecular complexity index is 606. The largest absolute Gasteiger partial charge is 0.415 e. The smallest absolute Gasteiger partial charge is 0.314 e. The second-order valence-electron chi connectivity index (χ2n) is 4.16. The number of nitrogens with zero attached hydrogens (tertiary/aromatic N) is 4. The van der Waals surface area contributed by atoms with E-state index < -0.39 is 12.3 Å². The standard InChI is InChI=1S/C12H10F2N4O/c13-9(14)12-18-17-11(19-12)8-5-15-10(16-6-8)7-3-1-2-4-7/h3,5-6,9H,1-2,4H2. The van der Waals surface area contributed by atoms with Gasteiger partial charge in [0.25, 0.3) is 11.8 Å². The summed E-state index contributed by atoms with van der Waals surface area (Å²) in [7, 11) is 0. The van der Waals surface area contributed by atoms with Gasteiger partial charge in [-0.3, -0.25) is 0 Å². The van der Waals surface area contributed by atoms with Crippen LogP contribution in [0.4, 0.5) is 8.78 Å². The lowest BCUT2D eigenvalue weighted by molar-refractivity contribution is 0.116. The number of hydrogen-bond donors (Lipinski definition) is 0. The van der Waals surface area contributed by atoms with Crippen molar-refractivity contribution in [1.82, 2.24) is 20.2 Å². The van der Waals surface area contributed by atoms with Crippen LogP contribution < -0.4 is 0 Å². The Kier molecular flexibility index (Phi) is 3.02. The third kappa shape index (κ3) is 2.35. The zero-order chi connectivity index (χ0) is 13.2. The molecular weight excluding hydrogens is 254 g/mol. The van der Waals surface area contributed by atoms with Crippen LogP contribution in [0.15, 0.2) is 22.9 Å². The molecule has 98 valence electrons. The highest BCUT2D eigenvalue weighted by molar-refractivity contribution is 5.62. The Morgan fingerprint density at radius 2 is 1.95 bits per heavy atom. The van der Waals surface area contributed by atoms with E-state index in [1.54, 1.807) is 0 Å². The van der Waals surface area contributed by atoms with Gasteiger partial charge in [-0.15, -0.1) is 10.2 Å². The van der Waals surface area contributed by atoms with Crippen LogP contribution in [0.1, 0.15) is 37.4 Å². The molecule has 0 saturated heterocycles. The van der Waals surface area contributed by atoms with E-state index in [-0.39, 0.29) is 5.89 Å². The summed E-state index contributed by atoms with van der Waals surface area (Å²) in [6.07, 6.45) is 5.47. The molecule has 0 aromatic carbocycles. The quantitative estimate of drug-likeness (QED) is 0.852. The van der Waals surface area contributed by atoms with E-state index in [1.807, 2.05) is 0 Å². The SMILES string of the molecule is FC(F)c1nnc(-c2cnc(C3=CCCC3)nc2)o1. The summed E-state index contributed by atoms with van der Waals surface area (Å²) < 4.78 is 29.5. The van der Waals surface area contributed by atoms with Crippen LogP contribution in [0.25, 0.3) is 17.0 Å². The van der Waals surface area contributed by atoms with Crippen molar-refractivity contribution >= 4 is 5.57 Å². The number of rotatable bonds is 3. The van der Waals surface area contributed by atoms with Crippen LogP contribution in [0.5, 0.6) is 0 Å². The molecule has 1 aliphatic carbocycles. The van der Waals surface area contributed by atoms with E-state index in [4.69, 9.17) is 4.42 Å². The normalized spacial score (nSPS) is 15.0. The first-order valence-corrected chi connectivity index (χ1v) is 5.87. The Morgan fingerprint density at radius 1 is 1.16 bits per heavy atom. The van der Waals surface area contributed by atoms with Gasteiger partial charge in [-0.2, -0.15) is 8.78 Å². The zero-order valence-corrected chi connectivity index (χ0v) is 9.88. The number of aromatic nitrogens is 4. The first kappa shape index (κ1) is 11.9. The topological polar surface area (TPSA) is 64.7 Å². The van der Waals surface area contributed by atoms with Crippen molar-refractivity contribution in [2.75, 3.05) is 0 Å². The molecule has 0 N–H and O–H groups in total. The Labute approximate surface area is 107 Å². The molecular formula is C12H10F2N4O. The van der Waals surface area contributed by atoms with Crippen molar-refractivity contribution in [3.8, 4) is 11.5 Å². The zero-order valence-electron chi connectivity index (χ0n) is 9.88. The summed E-state index contributed by atoms with van der Waals surface area (Å²) in [5.41, 5.74) is 1.55. The molecule has 7 heteroatoms. The fraction of sp³-hybridized carbons (Fsp3) is 0.333. The highest BCUT2D eigenvalue weighted by Crippen LogP contribution is 2.26. The van der Waals surface area contributed by atoms with Gasteiger partial charge in [0.2, 0.25) is 0 Å². The summed E-state index contributed by atoms with van der Waals surface area (Å²) in [5, 5.41) is 6.80. The fourth-order valence-electron chi connectivity index (χ4n) is 1.92. The highest BCUT2D eigenvalue weighted by Gasteiger charge is 2.17. The van der Waals surface area contributed by atoms with Crippen LogP contribution in [-0.2, 0) is 0 Å². The van der Waals surface area contributed by atoms with Crippen molar-refractivity contribution in [1.29, 1.82) is 0 Å². The molecule has 1 aliphatic rings. The molecule has 0 unspecified atom stereocenters. The van der Waals surface area contributed by atoms with Gasteiger partial charge in [-0.05, 0) is 24.8 Å². The maximum absolute atomic E-state index is 12.3. The van der Waals surface area contributed by atoms with Crippen LogP contribution in [0.2, 0.25) is 0 Å². The number of hydrogen-bond acceptors (Lipinski definition) is 5. The fourth-order valence-corrected chi connectivity index (χ4v) is 1.92. The van der Waals surface area contributed by atoms with Gasteiger partial charge < -0.3 is 4.42 Å². The minimum atomic E-state index is -2.77. The molecule has 0 amide bonds. The summed E-state index contributed by atoms with van der Waals surface area (Å²) >= 11 is 0. The number of alkyl halides is 2. The summed E-state index contributed by atoms with van der Waals surface area (Å²) in [6.45, 7) is 0. The van der Waals surface area contributed by atoms with Crippen LogP contribution in [-0.4, -0.2) is 20.2 Å². The molecule has 2 heterocycles. The van der Waals surface area contributed by atoms with Crippen LogP contribution in [0, 0.1) is 0 Å². The molecule has 0 fully saturated rings. The van der Waals surface area contributed by atoms with E-state index in [2.05, 4.69) is 26.2 Å². The van der Waals surface area contributed by atoms with E-state index in [0.29, 0.717) is 11.4 Å². The van der Waals surface area contributed by atoms with Gasteiger partial charge in [0.15, 0.2) is 5.82 Å².